The fourth-order valence-electron chi connectivity index (χ4n) is 0.779. The first-order valence-corrected chi connectivity index (χ1v) is 3.61. The highest BCUT2D eigenvalue weighted by molar-refractivity contribution is 5.79. The van der Waals surface area contributed by atoms with Gasteiger partial charge in [0.1, 0.15) is 0 Å². The monoisotopic (exact) mass is 142 g/mol. The van der Waals surface area contributed by atoms with E-state index in [1.54, 1.807) is 6.08 Å². The average Bonchev–Trinajstić information content (AvgIpc) is 1.90. The van der Waals surface area contributed by atoms with Crippen LogP contribution in [0.4, 0.5) is 0 Å². The molecule has 0 fully saturated rings. The number of hydrogen-bond acceptors (Lipinski definition) is 1. The summed E-state index contributed by atoms with van der Waals surface area (Å²) in [6, 6.07) is 0. The molecule has 0 aromatic heterocycles. The Labute approximate surface area is 61.6 Å². The van der Waals surface area contributed by atoms with E-state index >= 15 is 0 Å². The predicted molar refractivity (Wildman–Crippen MR) is 40.8 cm³/mol. The first kappa shape index (κ1) is 9.21. The summed E-state index contributed by atoms with van der Waals surface area (Å²) >= 11 is 0. The van der Waals surface area contributed by atoms with Crippen LogP contribution in [0.1, 0.15) is 26.7 Å². The van der Waals surface area contributed by atoms with Crippen LogP contribution < -0.4 is 0 Å². The van der Waals surface area contributed by atoms with Gasteiger partial charge in [0.05, 0.1) is 0 Å². The second-order valence-corrected chi connectivity index (χ2v) is 2.27. The van der Waals surface area contributed by atoms with Crippen LogP contribution in [0, 0.1) is 5.92 Å². The molecule has 0 aliphatic carbocycles. The molecule has 2 heteroatoms. The summed E-state index contributed by atoms with van der Waals surface area (Å²) in [5.74, 6) is -0.428. The summed E-state index contributed by atoms with van der Waals surface area (Å²) in [5.41, 5.74) is 0. The Morgan fingerprint density at radius 2 is 2.00 bits per heavy atom. The number of allylic oxidation sites excluding steroid dienone is 1. The molecule has 0 aromatic rings. The van der Waals surface area contributed by atoms with Crippen molar-refractivity contribution in [2.45, 2.75) is 26.7 Å². The van der Waals surface area contributed by atoms with Gasteiger partial charge in [-0.3, -0.25) is 0 Å². The quantitative estimate of drug-likeness (QED) is 0.610. The molecule has 0 spiro atoms. The van der Waals surface area contributed by atoms with Crippen LogP contribution in [-0.2, 0) is 4.79 Å². The number of carboxylic acids is 1. The molecule has 1 N–H and O–H groups in total. The zero-order valence-corrected chi connectivity index (χ0v) is 6.50. The van der Waals surface area contributed by atoms with E-state index in [2.05, 4.69) is 13.8 Å². The summed E-state index contributed by atoms with van der Waals surface area (Å²) in [6.07, 6.45) is 5.00. The lowest BCUT2D eigenvalue weighted by Gasteiger charge is -2.02. The van der Waals surface area contributed by atoms with Crippen molar-refractivity contribution in [2.24, 2.45) is 5.92 Å². The van der Waals surface area contributed by atoms with Crippen LogP contribution >= 0.6 is 0 Å². The normalized spacial score (nSPS) is 11.1. The topological polar surface area (TPSA) is 37.3 Å². The van der Waals surface area contributed by atoms with E-state index in [0.717, 1.165) is 12.8 Å². The zero-order valence-electron chi connectivity index (χ0n) is 6.50. The van der Waals surface area contributed by atoms with Crippen LogP contribution in [0.15, 0.2) is 12.2 Å². The minimum absolute atomic E-state index is 0.427. The highest BCUT2D eigenvalue weighted by Crippen LogP contribution is 2.07. The first-order chi connectivity index (χ1) is 4.70. The van der Waals surface area contributed by atoms with Gasteiger partial charge in [-0.2, -0.15) is 0 Å². The van der Waals surface area contributed by atoms with Gasteiger partial charge in [-0.1, -0.05) is 19.9 Å². The number of hydrogen-bond donors (Lipinski definition) is 1. The molecule has 0 aromatic carbocycles. The lowest BCUT2D eigenvalue weighted by atomic mass is 10.0. The van der Waals surface area contributed by atoms with Crippen LogP contribution in [0.2, 0.25) is 0 Å². The van der Waals surface area contributed by atoms with Gasteiger partial charge in [-0.05, 0) is 18.8 Å². The third kappa shape index (κ3) is 4.13. The van der Waals surface area contributed by atoms with Gasteiger partial charge in [-0.15, -0.1) is 0 Å². The van der Waals surface area contributed by atoms with Gasteiger partial charge in [-0.25, -0.2) is 4.79 Å². The Balaban J connectivity index is 3.72. The van der Waals surface area contributed by atoms with Crippen molar-refractivity contribution in [1.82, 2.24) is 0 Å². The maximum absolute atomic E-state index is 10.0. The summed E-state index contributed by atoms with van der Waals surface area (Å²) in [6.45, 7) is 4.11. The Kier molecular flexibility index (Phi) is 4.63. The van der Waals surface area contributed by atoms with E-state index in [1.807, 2.05) is 0 Å². The summed E-state index contributed by atoms with van der Waals surface area (Å²) in [4.78, 5) is 10.0. The van der Waals surface area contributed by atoms with E-state index in [0.29, 0.717) is 5.92 Å². The number of carboxylic acid groups (broad SMARTS) is 1. The fourth-order valence-corrected chi connectivity index (χ4v) is 0.779. The summed E-state index contributed by atoms with van der Waals surface area (Å²) in [7, 11) is 0. The molecule has 0 rings (SSSR count). The molecule has 0 aliphatic heterocycles. The third-order valence-corrected chi connectivity index (χ3v) is 1.56. The standard InChI is InChI=1S/C8H14O2/c1-3-7(4-2)5-6-8(9)10/h5-7H,3-4H2,1-2H3,(H,9,10). The van der Waals surface area contributed by atoms with E-state index in [-0.39, 0.29) is 0 Å². The van der Waals surface area contributed by atoms with Crippen molar-refractivity contribution >= 4 is 5.97 Å². The van der Waals surface area contributed by atoms with Crippen molar-refractivity contribution in [3.63, 3.8) is 0 Å². The third-order valence-electron chi connectivity index (χ3n) is 1.56. The molecule has 0 aliphatic rings. The van der Waals surface area contributed by atoms with Crippen molar-refractivity contribution < 1.29 is 9.90 Å². The molecule has 58 valence electrons. The lowest BCUT2D eigenvalue weighted by Crippen LogP contribution is -1.93. The minimum Gasteiger partial charge on any atom is -0.478 e. The van der Waals surface area contributed by atoms with Crippen molar-refractivity contribution in [1.29, 1.82) is 0 Å². The molecule has 0 heterocycles. The van der Waals surface area contributed by atoms with Crippen molar-refractivity contribution in [3.05, 3.63) is 12.2 Å². The van der Waals surface area contributed by atoms with Crippen molar-refractivity contribution in [2.75, 3.05) is 0 Å². The number of rotatable bonds is 4. The van der Waals surface area contributed by atoms with Crippen molar-refractivity contribution in [3.8, 4) is 0 Å². The zero-order chi connectivity index (χ0) is 7.98. The Morgan fingerprint density at radius 1 is 1.50 bits per heavy atom. The van der Waals surface area contributed by atoms with E-state index in [4.69, 9.17) is 5.11 Å². The van der Waals surface area contributed by atoms with E-state index < -0.39 is 5.97 Å². The summed E-state index contributed by atoms with van der Waals surface area (Å²) in [5, 5.41) is 8.27. The average molecular weight is 142 g/mol. The van der Waals surface area contributed by atoms with Crippen LogP contribution in [0.25, 0.3) is 0 Å². The second-order valence-electron chi connectivity index (χ2n) is 2.27. The maximum atomic E-state index is 10.0. The first-order valence-electron chi connectivity index (χ1n) is 3.61. The minimum atomic E-state index is -0.855. The molecular weight excluding hydrogens is 128 g/mol. The van der Waals surface area contributed by atoms with Gasteiger partial charge in [0.15, 0.2) is 0 Å². The number of aliphatic carboxylic acids is 1. The maximum Gasteiger partial charge on any atom is 0.327 e. The van der Waals surface area contributed by atoms with Crippen LogP contribution in [0.3, 0.4) is 0 Å². The van der Waals surface area contributed by atoms with Gasteiger partial charge in [0, 0.05) is 6.08 Å². The molecule has 0 saturated heterocycles. The smallest absolute Gasteiger partial charge is 0.327 e. The molecule has 0 atom stereocenters. The largest absolute Gasteiger partial charge is 0.478 e. The molecular formula is C8H14O2. The highest BCUT2D eigenvalue weighted by Gasteiger charge is 1.97. The molecule has 0 bridgehead atoms. The number of carbonyl (C=O) groups is 1. The fraction of sp³-hybridized carbons (Fsp3) is 0.625. The second kappa shape index (κ2) is 5.03. The molecule has 2 nitrogen and oxygen atoms in total. The lowest BCUT2D eigenvalue weighted by molar-refractivity contribution is -0.131. The van der Waals surface area contributed by atoms with E-state index in [1.165, 1.54) is 6.08 Å². The molecule has 0 amide bonds. The van der Waals surface area contributed by atoms with E-state index in [9.17, 15) is 4.79 Å². The Morgan fingerprint density at radius 3 is 2.30 bits per heavy atom. The SMILES string of the molecule is CCC(C=CC(=O)O)CC. The molecule has 0 unspecified atom stereocenters. The van der Waals surface area contributed by atoms with Gasteiger partial charge in [0.25, 0.3) is 0 Å². The molecule has 0 saturated carbocycles. The van der Waals surface area contributed by atoms with Gasteiger partial charge < -0.3 is 5.11 Å². The Bertz CT molecular complexity index is 123. The molecule has 10 heavy (non-hydrogen) atoms. The van der Waals surface area contributed by atoms with Gasteiger partial charge >= 0.3 is 5.97 Å². The highest BCUT2D eigenvalue weighted by atomic mass is 16.4. The van der Waals surface area contributed by atoms with Crippen LogP contribution in [0.5, 0.6) is 0 Å². The van der Waals surface area contributed by atoms with Crippen LogP contribution in [-0.4, -0.2) is 11.1 Å². The Hall–Kier alpha value is -0.790. The molecule has 0 radical (unpaired) electrons. The van der Waals surface area contributed by atoms with Gasteiger partial charge in [0.2, 0.25) is 0 Å². The summed E-state index contributed by atoms with van der Waals surface area (Å²) < 4.78 is 0. The predicted octanol–water partition coefficient (Wildman–Crippen LogP) is 2.06.